The van der Waals surface area contributed by atoms with Crippen LogP contribution in [-0.4, -0.2) is 39.8 Å². The number of hydrogen-bond acceptors (Lipinski definition) is 5. The maximum Gasteiger partial charge on any atom is 0.261 e. The molecule has 0 spiro atoms. The van der Waals surface area contributed by atoms with Gasteiger partial charge in [-0.1, -0.05) is 12.1 Å². The van der Waals surface area contributed by atoms with Gasteiger partial charge in [-0.15, -0.1) is 0 Å². The van der Waals surface area contributed by atoms with Gasteiger partial charge in [0, 0.05) is 13.6 Å². The summed E-state index contributed by atoms with van der Waals surface area (Å²) >= 11 is 0. The Morgan fingerprint density at radius 2 is 1.48 bits per heavy atom. The van der Waals surface area contributed by atoms with E-state index in [-0.39, 0.29) is 12.0 Å². The SMILES string of the molecule is CC(C)Oc1ccc(CNC(=O)[C@@H](C)Oc2ccc(N(C)S(C)(=O)=O)cc2)cc1. The van der Waals surface area contributed by atoms with E-state index in [1.54, 1.807) is 31.2 Å². The van der Waals surface area contributed by atoms with Crippen molar-refractivity contribution in [3.63, 3.8) is 0 Å². The highest BCUT2D eigenvalue weighted by molar-refractivity contribution is 7.92. The predicted octanol–water partition coefficient (Wildman–Crippen LogP) is 2.95. The maximum atomic E-state index is 12.3. The molecule has 0 heterocycles. The van der Waals surface area contributed by atoms with Gasteiger partial charge in [0.05, 0.1) is 18.0 Å². The van der Waals surface area contributed by atoms with Crippen LogP contribution >= 0.6 is 0 Å². The quantitative estimate of drug-likeness (QED) is 0.674. The number of nitrogens with one attached hydrogen (secondary N) is 1. The molecule has 0 aliphatic carbocycles. The highest BCUT2D eigenvalue weighted by Crippen LogP contribution is 2.21. The van der Waals surface area contributed by atoms with Crippen molar-refractivity contribution in [2.24, 2.45) is 0 Å². The molecule has 7 nitrogen and oxygen atoms in total. The number of hydrogen-bond donors (Lipinski definition) is 1. The first-order chi connectivity index (χ1) is 13.6. The van der Waals surface area contributed by atoms with Crippen LogP contribution in [0.25, 0.3) is 0 Å². The zero-order valence-corrected chi connectivity index (χ0v) is 18.2. The zero-order chi connectivity index (χ0) is 21.6. The van der Waals surface area contributed by atoms with Gasteiger partial charge >= 0.3 is 0 Å². The van der Waals surface area contributed by atoms with Crippen LogP contribution in [0.5, 0.6) is 11.5 Å². The van der Waals surface area contributed by atoms with E-state index < -0.39 is 16.1 Å². The Morgan fingerprint density at radius 1 is 0.966 bits per heavy atom. The van der Waals surface area contributed by atoms with Gasteiger partial charge in [-0.25, -0.2) is 8.42 Å². The highest BCUT2D eigenvalue weighted by atomic mass is 32.2. The van der Waals surface area contributed by atoms with Crippen molar-refractivity contribution in [2.45, 2.75) is 39.5 Å². The number of rotatable bonds is 9. The highest BCUT2D eigenvalue weighted by Gasteiger charge is 2.16. The number of sulfonamides is 1. The normalized spacial score (nSPS) is 12.3. The van der Waals surface area contributed by atoms with Gasteiger partial charge in [0.2, 0.25) is 10.0 Å². The van der Waals surface area contributed by atoms with E-state index in [1.807, 2.05) is 38.1 Å². The van der Waals surface area contributed by atoms with E-state index >= 15 is 0 Å². The monoisotopic (exact) mass is 420 g/mol. The number of amides is 1. The summed E-state index contributed by atoms with van der Waals surface area (Å²) in [7, 11) is -1.85. The second kappa shape index (κ2) is 9.65. The van der Waals surface area contributed by atoms with Crippen molar-refractivity contribution in [3.05, 3.63) is 54.1 Å². The number of carbonyl (C=O) groups excluding carboxylic acids is 1. The van der Waals surface area contributed by atoms with E-state index in [9.17, 15) is 13.2 Å². The van der Waals surface area contributed by atoms with Crippen molar-refractivity contribution in [1.29, 1.82) is 0 Å². The van der Waals surface area contributed by atoms with Crippen molar-refractivity contribution in [1.82, 2.24) is 5.32 Å². The summed E-state index contributed by atoms with van der Waals surface area (Å²) in [6.45, 7) is 5.97. The summed E-state index contributed by atoms with van der Waals surface area (Å²) in [4.78, 5) is 12.3. The molecule has 0 saturated carbocycles. The third-order valence-electron chi connectivity index (χ3n) is 4.14. The molecule has 2 rings (SSSR count). The van der Waals surface area contributed by atoms with Crippen LogP contribution in [0.15, 0.2) is 48.5 Å². The number of carbonyl (C=O) groups is 1. The Balaban J connectivity index is 1.87. The third-order valence-corrected chi connectivity index (χ3v) is 5.35. The smallest absolute Gasteiger partial charge is 0.261 e. The predicted molar refractivity (Wildman–Crippen MR) is 114 cm³/mol. The van der Waals surface area contributed by atoms with Crippen LogP contribution in [0.2, 0.25) is 0 Å². The molecule has 2 aromatic rings. The van der Waals surface area contributed by atoms with E-state index in [2.05, 4.69) is 5.32 Å². The second-order valence-electron chi connectivity index (χ2n) is 7.01. The molecule has 0 unspecified atom stereocenters. The molecule has 29 heavy (non-hydrogen) atoms. The second-order valence-corrected chi connectivity index (χ2v) is 9.03. The fourth-order valence-electron chi connectivity index (χ4n) is 2.47. The van der Waals surface area contributed by atoms with Crippen LogP contribution in [0, 0.1) is 0 Å². The molecular formula is C21H28N2O5S. The summed E-state index contributed by atoms with van der Waals surface area (Å²) in [5.41, 5.74) is 1.47. The first kappa shape index (κ1) is 22.5. The van der Waals surface area contributed by atoms with Gasteiger partial charge in [0.25, 0.3) is 5.91 Å². The van der Waals surface area contributed by atoms with Crippen LogP contribution < -0.4 is 19.1 Å². The molecule has 0 radical (unpaired) electrons. The Morgan fingerprint density at radius 3 is 2.00 bits per heavy atom. The third kappa shape index (κ3) is 6.98. The molecular weight excluding hydrogens is 392 g/mol. The number of nitrogens with zero attached hydrogens (tertiary/aromatic N) is 1. The molecule has 0 bridgehead atoms. The minimum absolute atomic E-state index is 0.111. The van der Waals surface area contributed by atoms with Crippen LogP contribution in [-0.2, 0) is 21.4 Å². The van der Waals surface area contributed by atoms with E-state index in [0.29, 0.717) is 18.0 Å². The average Bonchev–Trinajstić information content (AvgIpc) is 2.66. The van der Waals surface area contributed by atoms with Crippen LogP contribution in [0.4, 0.5) is 5.69 Å². The summed E-state index contributed by atoms with van der Waals surface area (Å²) in [5.74, 6) is 1.02. The largest absolute Gasteiger partial charge is 0.491 e. The van der Waals surface area contributed by atoms with Gasteiger partial charge < -0.3 is 14.8 Å². The van der Waals surface area contributed by atoms with Crippen molar-refractivity contribution < 1.29 is 22.7 Å². The lowest BCUT2D eigenvalue weighted by Crippen LogP contribution is -2.35. The molecule has 0 fully saturated rings. The molecule has 1 atom stereocenters. The Labute approximate surface area is 172 Å². The van der Waals surface area contributed by atoms with Gasteiger partial charge in [-0.3, -0.25) is 9.10 Å². The molecule has 158 valence electrons. The van der Waals surface area contributed by atoms with Crippen molar-refractivity contribution in [3.8, 4) is 11.5 Å². The summed E-state index contributed by atoms with van der Waals surface area (Å²) in [6, 6.07) is 14.1. The number of ether oxygens (including phenoxy) is 2. The average molecular weight is 421 g/mol. The molecule has 1 N–H and O–H groups in total. The summed E-state index contributed by atoms with van der Waals surface area (Å²) in [6.07, 6.45) is 0.547. The minimum atomic E-state index is -3.33. The van der Waals surface area contributed by atoms with E-state index in [4.69, 9.17) is 9.47 Å². The molecule has 0 aliphatic heterocycles. The molecule has 1 amide bonds. The standard InChI is InChI=1S/C21H28N2O5S/c1-15(2)27-19-10-6-17(7-11-19)14-22-21(24)16(3)28-20-12-8-18(9-13-20)23(4)29(5,25)26/h6-13,15-16H,14H2,1-5H3,(H,22,24)/t16-/m1/s1. The summed E-state index contributed by atoms with van der Waals surface area (Å²) < 4.78 is 35.6. The van der Waals surface area contributed by atoms with Crippen molar-refractivity contribution >= 4 is 21.6 Å². The van der Waals surface area contributed by atoms with E-state index in [1.165, 1.54) is 11.4 Å². The van der Waals surface area contributed by atoms with Gasteiger partial charge in [0.1, 0.15) is 11.5 Å². The first-order valence-electron chi connectivity index (χ1n) is 9.30. The Hall–Kier alpha value is -2.74. The van der Waals surface area contributed by atoms with Gasteiger partial charge in [-0.2, -0.15) is 0 Å². The van der Waals surface area contributed by atoms with Crippen LogP contribution in [0.3, 0.4) is 0 Å². The molecule has 0 saturated heterocycles. The van der Waals surface area contributed by atoms with Gasteiger partial charge in [-0.05, 0) is 62.7 Å². The molecule has 8 heteroatoms. The Bertz CT molecular complexity index is 909. The molecule has 2 aromatic carbocycles. The van der Waals surface area contributed by atoms with Crippen molar-refractivity contribution in [2.75, 3.05) is 17.6 Å². The topological polar surface area (TPSA) is 84.9 Å². The molecule has 0 aromatic heterocycles. The maximum absolute atomic E-state index is 12.3. The number of anilines is 1. The van der Waals surface area contributed by atoms with Gasteiger partial charge in [0.15, 0.2) is 6.10 Å². The summed E-state index contributed by atoms with van der Waals surface area (Å²) in [5, 5.41) is 2.84. The lowest BCUT2D eigenvalue weighted by molar-refractivity contribution is -0.127. The lowest BCUT2D eigenvalue weighted by atomic mass is 10.2. The Kier molecular flexibility index (Phi) is 7.50. The first-order valence-corrected chi connectivity index (χ1v) is 11.1. The zero-order valence-electron chi connectivity index (χ0n) is 17.4. The number of benzene rings is 2. The van der Waals surface area contributed by atoms with Crippen LogP contribution in [0.1, 0.15) is 26.3 Å². The fourth-order valence-corrected chi connectivity index (χ4v) is 2.98. The minimum Gasteiger partial charge on any atom is -0.491 e. The van der Waals surface area contributed by atoms with E-state index in [0.717, 1.165) is 17.6 Å². The molecule has 0 aliphatic rings. The fraction of sp³-hybridized carbons (Fsp3) is 0.381. The lowest BCUT2D eigenvalue weighted by Gasteiger charge is -2.18.